The highest BCUT2D eigenvalue weighted by Gasteiger charge is 2.24. The monoisotopic (exact) mass is 479 g/mol. The van der Waals surface area contributed by atoms with E-state index < -0.39 is 0 Å². The van der Waals surface area contributed by atoms with Crippen molar-refractivity contribution in [3.8, 4) is 0 Å². The zero-order chi connectivity index (χ0) is 22.9. The second-order valence-corrected chi connectivity index (χ2v) is 11.1. The minimum absolute atomic E-state index is 0.0565. The lowest BCUT2D eigenvalue weighted by molar-refractivity contribution is 0.0793. The topological polar surface area (TPSA) is 55.2 Å². The van der Waals surface area contributed by atoms with Gasteiger partial charge in [-0.15, -0.1) is 17.9 Å². The quantitative estimate of drug-likeness (QED) is 0.274. The predicted octanol–water partition coefficient (Wildman–Crippen LogP) is 5.30. The van der Waals surface area contributed by atoms with Gasteiger partial charge >= 0.3 is 0 Å². The van der Waals surface area contributed by atoms with Crippen LogP contribution < -0.4 is 5.56 Å². The molecule has 172 valence electrons. The molecule has 0 radical (unpaired) electrons. The van der Waals surface area contributed by atoms with Gasteiger partial charge in [-0.05, 0) is 61.3 Å². The maximum atomic E-state index is 13.4. The second kappa shape index (κ2) is 9.47. The van der Waals surface area contributed by atoms with Crippen molar-refractivity contribution in [3.63, 3.8) is 0 Å². The van der Waals surface area contributed by atoms with E-state index in [4.69, 9.17) is 4.98 Å². The lowest BCUT2D eigenvalue weighted by Crippen LogP contribution is -2.27. The second-order valence-electron chi connectivity index (χ2n) is 9.12. The summed E-state index contributed by atoms with van der Waals surface area (Å²) in [6, 6.07) is 7.85. The SMILES string of the molecule is C=CCn1c(SCc2ccc(C(=O)N3CCCC3)cc2)nc2sc3c(c2c1=O)CCC(C)C3. The first-order valence-corrected chi connectivity index (χ1v) is 13.5. The van der Waals surface area contributed by atoms with Crippen molar-refractivity contribution < 1.29 is 4.79 Å². The van der Waals surface area contributed by atoms with E-state index in [0.29, 0.717) is 18.2 Å². The van der Waals surface area contributed by atoms with E-state index in [-0.39, 0.29) is 11.5 Å². The predicted molar refractivity (Wildman–Crippen MR) is 136 cm³/mol. The summed E-state index contributed by atoms with van der Waals surface area (Å²) in [6.07, 6.45) is 7.09. The van der Waals surface area contributed by atoms with Gasteiger partial charge < -0.3 is 4.90 Å². The summed E-state index contributed by atoms with van der Waals surface area (Å²) in [5.41, 5.74) is 3.13. The molecule has 1 aliphatic carbocycles. The number of likely N-dealkylation sites (tertiary alicyclic amines) is 1. The molecule has 1 fully saturated rings. The first-order valence-electron chi connectivity index (χ1n) is 11.7. The normalized spacial score (nSPS) is 18.0. The Hall–Kier alpha value is -2.38. The highest BCUT2D eigenvalue weighted by Crippen LogP contribution is 2.36. The molecule has 1 aliphatic heterocycles. The largest absolute Gasteiger partial charge is 0.339 e. The van der Waals surface area contributed by atoms with Gasteiger partial charge in [0.2, 0.25) is 0 Å². The van der Waals surface area contributed by atoms with Gasteiger partial charge in [0.05, 0.1) is 5.39 Å². The molecule has 1 aromatic carbocycles. The minimum Gasteiger partial charge on any atom is -0.339 e. The molecule has 5 nitrogen and oxygen atoms in total. The van der Waals surface area contributed by atoms with Gasteiger partial charge in [-0.2, -0.15) is 0 Å². The fourth-order valence-electron chi connectivity index (χ4n) is 4.80. The summed E-state index contributed by atoms with van der Waals surface area (Å²) in [6.45, 7) is 8.30. The number of thiophene rings is 1. The molecule has 3 heterocycles. The number of hydrogen-bond donors (Lipinski definition) is 0. The van der Waals surface area contributed by atoms with Crippen molar-refractivity contribution in [1.82, 2.24) is 14.5 Å². The highest BCUT2D eigenvalue weighted by molar-refractivity contribution is 7.98. The van der Waals surface area contributed by atoms with E-state index in [0.717, 1.165) is 71.7 Å². The van der Waals surface area contributed by atoms with E-state index in [1.807, 2.05) is 29.2 Å². The van der Waals surface area contributed by atoms with Gasteiger partial charge in [-0.1, -0.05) is 36.9 Å². The zero-order valence-corrected chi connectivity index (χ0v) is 20.6. The van der Waals surface area contributed by atoms with Crippen molar-refractivity contribution >= 4 is 39.2 Å². The molecular weight excluding hydrogens is 450 g/mol. The van der Waals surface area contributed by atoms with Crippen LogP contribution in [0.5, 0.6) is 0 Å². The molecule has 0 bridgehead atoms. The Balaban J connectivity index is 1.39. The number of rotatable bonds is 6. The van der Waals surface area contributed by atoms with Crippen LogP contribution in [-0.2, 0) is 25.1 Å². The number of amides is 1. The molecule has 7 heteroatoms. The van der Waals surface area contributed by atoms with Crippen LogP contribution in [-0.4, -0.2) is 33.4 Å². The van der Waals surface area contributed by atoms with Crippen molar-refractivity contribution in [2.45, 2.75) is 56.5 Å². The molecule has 5 rings (SSSR count). The van der Waals surface area contributed by atoms with E-state index in [1.165, 1.54) is 10.4 Å². The summed E-state index contributed by atoms with van der Waals surface area (Å²) in [5, 5.41) is 1.55. The van der Waals surface area contributed by atoms with Gasteiger partial charge in [0.1, 0.15) is 4.83 Å². The van der Waals surface area contributed by atoms with Crippen LogP contribution in [0, 0.1) is 5.92 Å². The average Bonchev–Trinajstić information content (AvgIpc) is 3.47. The molecule has 2 aromatic heterocycles. The summed E-state index contributed by atoms with van der Waals surface area (Å²) < 4.78 is 1.76. The molecule has 1 amide bonds. The number of carbonyl (C=O) groups is 1. The summed E-state index contributed by atoms with van der Waals surface area (Å²) in [7, 11) is 0. The van der Waals surface area contributed by atoms with Crippen molar-refractivity contribution in [1.29, 1.82) is 0 Å². The van der Waals surface area contributed by atoms with E-state index in [2.05, 4.69) is 13.5 Å². The van der Waals surface area contributed by atoms with E-state index >= 15 is 0 Å². The first kappa shape index (κ1) is 22.4. The lowest BCUT2D eigenvalue weighted by Gasteiger charge is -2.17. The highest BCUT2D eigenvalue weighted by atomic mass is 32.2. The standard InChI is InChI=1S/C26H29N3O2S2/c1-3-12-29-25(31)22-20-11-6-17(2)15-21(20)33-23(22)27-26(29)32-16-18-7-9-19(10-8-18)24(30)28-13-4-5-14-28/h3,7-10,17H,1,4-6,11-16H2,2H3. The molecule has 1 saturated heterocycles. The minimum atomic E-state index is 0.0565. The molecule has 33 heavy (non-hydrogen) atoms. The maximum absolute atomic E-state index is 13.4. The molecule has 0 spiro atoms. The van der Waals surface area contributed by atoms with Crippen molar-refractivity contribution in [3.05, 3.63) is 68.8 Å². The number of hydrogen-bond acceptors (Lipinski definition) is 5. The Labute approximate surface area is 202 Å². The van der Waals surface area contributed by atoms with Gasteiger partial charge in [-0.3, -0.25) is 14.2 Å². The Morgan fingerprint density at radius 2 is 2.03 bits per heavy atom. The number of thioether (sulfide) groups is 1. The number of carbonyl (C=O) groups excluding carboxylic acids is 1. The van der Waals surface area contributed by atoms with E-state index in [9.17, 15) is 9.59 Å². The van der Waals surface area contributed by atoms with Crippen LogP contribution in [0.4, 0.5) is 0 Å². The van der Waals surface area contributed by atoms with Crippen molar-refractivity contribution in [2.75, 3.05) is 13.1 Å². The van der Waals surface area contributed by atoms with Crippen LogP contribution >= 0.6 is 23.1 Å². The number of aromatic nitrogens is 2. The van der Waals surface area contributed by atoms with Gasteiger partial charge in [0, 0.05) is 35.8 Å². The van der Waals surface area contributed by atoms with E-state index in [1.54, 1.807) is 33.7 Å². The van der Waals surface area contributed by atoms with Crippen LogP contribution in [0.15, 0.2) is 46.9 Å². The third-order valence-corrected chi connectivity index (χ3v) is 8.85. The van der Waals surface area contributed by atoms with Gasteiger partial charge in [0.25, 0.3) is 11.5 Å². The summed E-state index contributed by atoms with van der Waals surface area (Å²) in [4.78, 5) is 35.1. The van der Waals surface area contributed by atoms with Crippen LogP contribution in [0.3, 0.4) is 0 Å². The maximum Gasteiger partial charge on any atom is 0.263 e. The number of aryl methyl sites for hydroxylation is 1. The number of nitrogens with zero attached hydrogens (tertiary/aromatic N) is 3. The molecule has 0 N–H and O–H groups in total. The Bertz CT molecular complexity index is 1250. The van der Waals surface area contributed by atoms with Crippen molar-refractivity contribution in [2.24, 2.45) is 5.92 Å². The zero-order valence-electron chi connectivity index (χ0n) is 19.0. The fraction of sp³-hybridized carbons (Fsp3) is 0.423. The smallest absolute Gasteiger partial charge is 0.263 e. The molecule has 1 unspecified atom stereocenters. The Morgan fingerprint density at radius 3 is 2.76 bits per heavy atom. The summed E-state index contributed by atoms with van der Waals surface area (Å²) in [5.74, 6) is 1.47. The third-order valence-electron chi connectivity index (χ3n) is 6.65. The third kappa shape index (κ3) is 4.41. The molecule has 3 aromatic rings. The number of fused-ring (bicyclic) bond motifs is 3. The summed E-state index contributed by atoms with van der Waals surface area (Å²) >= 11 is 3.26. The molecular formula is C26H29N3O2S2. The molecule has 2 aliphatic rings. The Kier molecular flexibility index (Phi) is 6.43. The first-order chi connectivity index (χ1) is 16.0. The average molecular weight is 480 g/mol. The Morgan fingerprint density at radius 1 is 1.27 bits per heavy atom. The molecule has 0 saturated carbocycles. The number of benzene rings is 1. The fourth-order valence-corrected chi connectivity index (χ4v) is 7.19. The molecule has 1 atom stereocenters. The van der Waals surface area contributed by atoms with Gasteiger partial charge in [-0.25, -0.2) is 4.98 Å². The van der Waals surface area contributed by atoms with Gasteiger partial charge in [0.15, 0.2) is 5.16 Å². The lowest BCUT2D eigenvalue weighted by atomic mass is 9.89. The van der Waals surface area contributed by atoms with Crippen LogP contribution in [0.1, 0.15) is 52.5 Å². The van der Waals surface area contributed by atoms with Crippen LogP contribution in [0.2, 0.25) is 0 Å². The van der Waals surface area contributed by atoms with Crippen LogP contribution in [0.25, 0.3) is 10.2 Å². The number of allylic oxidation sites excluding steroid dienone is 1.